The van der Waals surface area contributed by atoms with Gasteiger partial charge in [-0.25, -0.2) is 4.79 Å². The van der Waals surface area contributed by atoms with Crippen molar-refractivity contribution in [3.8, 4) is 22.3 Å². The summed E-state index contributed by atoms with van der Waals surface area (Å²) in [6.07, 6.45) is 4.34. The van der Waals surface area contributed by atoms with Gasteiger partial charge in [0.1, 0.15) is 6.61 Å². The molecule has 2 heteroatoms. The summed E-state index contributed by atoms with van der Waals surface area (Å²) in [4.78, 5) is 12.3. The van der Waals surface area contributed by atoms with Crippen molar-refractivity contribution in [3.63, 3.8) is 0 Å². The average molecular weight is 354 g/mol. The highest BCUT2D eigenvalue weighted by Crippen LogP contribution is 2.28. The minimum atomic E-state index is -0.340. The molecule has 0 N–H and O–H groups in total. The van der Waals surface area contributed by atoms with Crippen LogP contribution in [0, 0.1) is 0 Å². The minimum Gasteiger partial charge on any atom is -0.458 e. The van der Waals surface area contributed by atoms with E-state index in [-0.39, 0.29) is 12.6 Å². The SMILES string of the molecule is C=CCOC(=O)c1ccccc1-c1ccc(-c2ccc(CC=C)cc2)cc1. The summed E-state index contributed by atoms with van der Waals surface area (Å²) >= 11 is 0. The fourth-order valence-electron chi connectivity index (χ4n) is 2.97. The van der Waals surface area contributed by atoms with Gasteiger partial charge in [-0.3, -0.25) is 0 Å². The Morgan fingerprint density at radius 1 is 0.778 bits per heavy atom. The summed E-state index contributed by atoms with van der Waals surface area (Å²) in [6.45, 7) is 7.55. The molecule has 3 aromatic rings. The maximum absolute atomic E-state index is 12.3. The number of ether oxygens (including phenoxy) is 1. The van der Waals surface area contributed by atoms with Crippen LogP contribution in [0.1, 0.15) is 15.9 Å². The lowest BCUT2D eigenvalue weighted by Crippen LogP contribution is -2.06. The monoisotopic (exact) mass is 354 g/mol. The molecule has 0 amide bonds. The summed E-state index contributed by atoms with van der Waals surface area (Å²) in [5.74, 6) is -0.340. The van der Waals surface area contributed by atoms with Crippen molar-refractivity contribution in [1.82, 2.24) is 0 Å². The predicted octanol–water partition coefficient (Wildman–Crippen LogP) is 6.09. The first-order valence-corrected chi connectivity index (χ1v) is 8.90. The zero-order valence-electron chi connectivity index (χ0n) is 15.2. The van der Waals surface area contributed by atoms with Crippen LogP contribution >= 0.6 is 0 Å². The summed E-state index contributed by atoms with van der Waals surface area (Å²) < 4.78 is 5.20. The number of carbonyl (C=O) groups excluding carboxylic acids is 1. The number of carbonyl (C=O) groups is 1. The van der Waals surface area contributed by atoms with Crippen molar-refractivity contribution in [1.29, 1.82) is 0 Å². The Balaban J connectivity index is 1.86. The standard InChI is InChI=1S/C25H22O2/c1-3-7-19-10-12-20(13-11-19)21-14-16-22(17-15-21)23-8-5-6-9-24(23)25(26)27-18-4-2/h3-6,8-17H,1-2,7,18H2. The molecule has 0 aliphatic carbocycles. The van der Waals surface area contributed by atoms with Crippen LogP contribution in [-0.2, 0) is 11.2 Å². The van der Waals surface area contributed by atoms with Crippen LogP contribution in [0.3, 0.4) is 0 Å². The van der Waals surface area contributed by atoms with E-state index < -0.39 is 0 Å². The van der Waals surface area contributed by atoms with Gasteiger partial charge in [0.25, 0.3) is 0 Å². The number of esters is 1. The fourth-order valence-corrected chi connectivity index (χ4v) is 2.97. The van der Waals surface area contributed by atoms with Gasteiger partial charge in [0, 0.05) is 0 Å². The molecule has 134 valence electrons. The van der Waals surface area contributed by atoms with E-state index in [2.05, 4.69) is 49.6 Å². The van der Waals surface area contributed by atoms with Crippen molar-refractivity contribution < 1.29 is 9.53 Å². The molecule has 3 rings (SSSR count). The molecule has 0 saturated heterocycles. The highest BCUT2D eigenvalue weighted by atomic mass is 16.5. The molecule has 0 aliphatic heterocycles. The van der Waals surface area contributed by atoms with Crippen LogP contribution in [0.25, 0.3) is 22.3 Å². The number of rotatable bonds is 7. The first-order chi connectivity index (χ1) is 13.2. The number of hydrogen-bond donors (Lipinski definition) is 0. The lowest BCUT2D eigenvalue weighted by Gasteiger charge is -2.10. The Bertz CT molecular complexity index is 935. The van der Waals surface area contributed by atoms with Crippen molar-refractivity contribution in [2.24, 2.45) is 0 Å². The Labute approximate surface area is 160 Å². The van der Waals surface area contributed by atoms with Crippen LogP contribution in [0.15, 0.2) is 98.1 Å². The van der Waals surface area contributed by atoms with E-state index in [1.807, 2.05) is 36.4 Å². The highest BCUT2D eigenvalue weighted by Gasteiger charge is 2.13. The lowest BCUT2D eigenvalue weighted by atomic mass is 9.96. The molecule has 0 bridgehead atoms. The summed E-state index contributed by atoms with van der Waals surface area (Å²) in [5, 5.41) is 0. The number of hydrogen-bond acceptors (Lipinski definition) is 2. The normalized spacial score (nSPS) is 10.2. The van der Waals surface area contributed by atoms with Crippen molar-refractivity contribution in [3.05, 3.63) is 109 Å². The van der Waals surface area contributed by atoms with Crippen molar-refractivity contribution in [2.45, 2.75) is 6.42 Å². The molecule has 3 aromatic carbocycles. The van der Waals surface area contributed by atoms with E-state index in [1.165, 1.54) is 5.56 Å². The molecule has 0 fully saturated rings. The molecular weight excluding hydrogens is 332 g/mol. The Hall–Kier alpha value is -3.39. The molecule has 0 heterocycles. The average Bonchev–Trinajstić information content (AvgIpc) is 2.73. The van der Waals surface area contributed by atoms with Gasteiger partial charge in [-0.15, -0.1) is 6.58 Å². The maximum atomic E-state index is 12.3. The summed E-state index contributed by atoms with van der Waals surface area (Å²) in [7, 11) is 0. The molecule has 0 unspecified atom stereocenters. The highest BCUT2D eigenvalue weighted by molar-refractivity contribution is 5.97. The summed E-state index contributed by atoms with van der Waals surface area (Å²) in [5.41, 5.74) is 5.94. The van der Waals surface area contributed by atoms with Crippen LogP contribution in [0.2, 0.25) is 0 Å². The fraction of sp³-hybridized carbons (Fsp3) is 0.0800. The second kappa shape index (κ2) is 8.81. The second-order valence-electron chi connectivity index (χ2n) is 6.20. The van der Waals surface area contributed by atoms with Crippen LogP contribution in [0.4, 0.5) is 0 Å². The minimum absolute atomic E-state index is 0.202. The summed E-state index contributed by atoms with van der Waals surface area (Å²) in [6, 6.07) is 24.2. The van der Waals surface area contributed by atoms with E-state index in [4.69, 9.17) is 4.74 Å². The van der Waals surface area contributed by atoms with Gasteiger partial charge in [0.15, 0.2) is 0 Å². The van der Waals surface area contributed by atoms with E-state index in [1.54, 1.807) is 12.1 Å². The molecule has 0 radical (unpaired) electrons. The molecular formula is C25H22O2. The third kappa shape index (κ3) is 4.42. The second-order valence-corrected chi connectivity index (χ2v) is 6.20. The molecule has 0 spiro atoms. The van der Waals surface area contributed by atoms with Gasteiger partial charge in [0.05, 0.1) is 5.56 Å². The van der Waals surface area contributed by atoms with Crippen molar-refractivity contribution >= 4 is 5.97 Å². The van der Waals surface area contributed by atoms with Gasteiger partial charge >= 0.3 is 5.97 Å². The van der Waals surface area contributed by atoms with Crippen molar-refractivity contribution in [2.75, 3.05) is 6.61 Å². The van der Waals surface area contributed by atoms with Crippen LogP contribution in [0.5, 0.6) is 0 Å². The predicted molar refractivity (Wildman–Crippen MR) is 112 cm³/mol. The largest absolute Gasteiger partial charge is 0.458 e. The van der Waals surface area contributed by atoms with Gasteiger partial charge in [-0.05, 0) is 40.3 Å². The first-order valence-electron chi connectivity index (χ1n) is 8.90. The van der Waals surface area contributed by atoms with E-state index in [9.17, 15) is 4.79 Å². The van der Waals surface area contributed by atoms with E-state index in [0.29, 0.717) is 5.56 Å². The van der Waals surface area contributed by atoms with E-state index in [0.717, 1.165) is 28.7 Å². The molecule has 27 heavy (non-hydrogen) atoms. The molecule has 0 atom stereocenters. The number of benzene rings is 3. The smallest absolute Gasteiger partial charge is 0.339 e. The molecule has 0 saturated carbocycles. The zero-order chi connectivity index (χ0) is 19.1. The number of allylic oxidation sites excluding steroid dienone is 1. The topological polar surface area (TPSA) is 26.3 Å². The Kier molecular flexibility index (Phi) is 6.01. The van der Waals surface area contributed by atoms with Gasteiger partial charge in [-0.1, -0.05) is 85.5 Å². The third-order valence-electron chi connectivity index (χ3n) is 4.34. The zero-order valence-corrected chi connectivity index (χ0v) is 15.2. The van der Waals surface area contributed by atoms with Gasteiger partial charge in [0.2, 0.25) is 0 Å². The quantitative estimate of drug-likeness (QED) is 0.379. The maximum Gasteiger partial charge on any atom is 0.339 e. The first kappa shape index (κ1) is 18.4. The molecule has 0 aromatic heterocycles. The van der Waals surface area contributed by atoms with Crippen LogP contribution in [-0.4, -0.2) is 12.6 Å². The Morgan fingerprint density at radius 2 is 1.37 bits per heavy atom. The van der Waals surface area contributed by atoms with E-state index >= 15 is 0 Å². The Morgan fingerprint density at radius 3 is 2.00 bits per heavy atom. The third-order valence-corrected chi connectivity index (χ3v) is 4.34. The van der Waals surface area contributed by atoms with Gasteiger partial charge < -0.3 is 4.74 Å². The molecule has 0 aliphatic rings. The molecule has 2 nitrogen and oxygen atoms in total. The lowest BCUT2D eigenvalue weighted by molar-refractivity contribution is 0.0550. The van der Waals surface area contributed by atoms with Crippen LogP contribution < -0.4 is 0 Å². The van der Waals surface area contributed by atoms with Gasteiger partial charge in [-0.2, -0.15) is 0 Å².